The van der Waals surface area contributed by atoms with Gasteiger partial charge in [0.05, 0.1) is 12.7 Å². The number of carbonyl (C=O) groups excluding carboxylic acids is 1. The predicted molar refractivity (Wildman–Crippen MR) is 106 cm³/mol. The summed E-state index contributed by atoms with van der Waals surface area (Å²) in [5.41, 5.74) is 1.64. The first kappa shape index (κ1) is 19.4. The number of hydrogen-bond acceptors (Lipinski definition) is 4. The quantitative estimate of drug-likeness (QED) is 0.728. The molecule has 146 valence electrons. The summed E-state index contributed by atoms with van der Waals surface area (Å²) in [6.07, 6.45) is 6.94. The number of nitrogens with zero attached hydrogens (tertiary/aromatic N) is 3. The SMILES string of the molecule is CCn1cnnc1-c1cccc(NC(=O)NCCO[C@H]2CCCC[C@H]2C)c1. The maximum Gasteiger partial charge on any atom is 0.319 e. The van der Waals surface area contributed by atoms with Crippen molar-refractivity contribution in [2.24, 2.45) is 5.92 Å². The number of urea groups is 1. The van der Waals surface area contributed by atoms with Crippen molar-refractivity contribution in [1.82, 2.24) is 20.1 Å². The first-order chi connectivity index (χ1) is 13.2. The number of anilines is 1. The van der Waals surface area contributed by atoms with Crippen molar-refractivity contribution in [3.8, 4) is 11.4 Å². The second kappa shape index (κ2) is 9.50. The van der Waals surface area contributed by atoms with Gasteiger partial charge in [-0.05, 0) is 37.8 Å². The normalized spacial score (nSPS) is 19.6. The average Bonchev–Trinajstić information content (AvgIpc) is 3.15. The number of hydrogen-bond donors (Lipinski definition) is 2. The number of aromatic nitrogens is 3. The summed E-state index contributed by atoms with van der Waals surface area (Å²) in [5, 5.41) is 13.8. The molecule has 1 fully saturated rings. The zero-order valence-corrected chi connectivity index (χ0v) is 16.1. The van der Waals surface area contributed by atoms with E-state index in [1.807, 2.05) is 35.8 Å². The minimum Gasteiger partial charge on any atom is -0.376 e. The summed E-state index contributed by atoms with van der Waals surface area (Å²) in [6.45, 7) is 6.12. The fraction of sp³-hybridized carbons (Fsp3) is 0.550. The Morgan fingerprint density at radius 3 is 3.00 bits per heavy atom. The van der Waals surface area contributed by atoms with E-state index in [1.54, 1.807) is 6.33 Å². The predicted octanol–water partition coefficient (Wildman–Crippen LogP) is 3.68. The van der Waals surface area contributed by atoms with Gasteiger partial charge in [-0.1, -0.05) is 31.9 Å². The van der Waals surface area contributed by atoms with Crippen molar-refractivity contribution in [2.75, 3.05) is 18.5 Å². The maximum atomic E-state index is 12.1. The van der Waals surface area contributed by atoms with Crippen LogP contribution in [0.1, 0.15) is 39.5 Å². The first-order valence-electron chi connectivity index (χ1n) is 9.82. The molecule has 1 saturated carbocycles. The van der Waals surface area contributed by atoms with Crippen LogP contribution in [0.5, 0.6) is 0 Å². The molecule has 0 radical (unpaired) electrons. The molecular weight excluding hydrogens is 342 g/mol. The lowest BCUT2D eigenvalue weighted by Crippen LogP contribution is -2.34. The van der Waals surface area contributed by atoms with E-state index in [-0.39, 0.29) is 6.03 Å². The van der Waals surface area contributed by atoms with Gasteiger partial charge in [0, 0.05) is 24.3 Å². The molecule has 2 amide bonds. The molecule has 1 aromatic carbocycles. The van der Waals surface area contributed by atoms with E-state index in [0.29, 0.717) is 25.2 Å². The molecule has 2 atom stereocenters. The molecule has 3 rings (SSSR count). The van der Waals surface area contributed by atoms with Gasteiger partial charge in [-0.25, -0.2) is 4.79 Å². The van der Waals surface area contributed by atoms with Crippen molar-refractivity contribution in [3.05, 3.63) is 30.6 Å². The van der Waals surface area contributed by atoms with Crippen LogP contribution in [0.2, 0.25) is 0 Å². The van der Waals surface area contributed by atoms with Crippen LogP contribution in [-0.2, 0) is 11.3 Å². The van der Waals surface area contributed by atoms with Crippen LogP contribution in [-0.4, -0.2) is 40.1 Å². The number of benzene rings is 1. The molecule has 7 nitrogen and oxygen atoms in total. The standard InChI is InChI=1S/C20H29N5O2/c1-3-25-14-22-24-19(25)16-8-6-9-17(13-16)23-20(26)21-11-12-27-18-10-5-4-7-15(18)2/h6,8-9,13-15,18H,3-5,7,10-12H2,1-2H3,(H2,21,23,26)/t15-,18+/m1/s1. The average molecular weight is 371 g/mol. The van der Waals surface area contributed by atoms with Gasteiger partial charge in [-0.15, -0.1) is 10.2 Å². The first-order valence-corrected chi connectivity index (χ1v) is 9.82. The van der Waals surface area contributed by atoms with Crippen molar-refractivity contribution < 1.29 is 9.53 Å². The van der Waals surface area contributed by atoms with Gasteiger partial charge in [0.25, 0.3) is 0 Å². The van der Waals surface area contributed by atoms with Crippen LogP contribution >= 0.6 is 0 Å². The zero-order valence-electron chi connectivity index (χ0n) is 16.1. The summed E-state index contributed by atoms with van der Waals surface area (Å²) >= 11 is 0. The molecule has 7 heteroatoms. The highest BCUT2D eigenvalue weighted by molar-refractivity contribution is 5.89. The highest BCUT2D eigenvalue weighted by atomic mass is 16.5. The van der Waals surface area contributed by atoms with Crippen LogP contribution in [0.3, 0.4) is 0 Å². The molecule has 1 aromatic heterocycles. The van der Waals surface area contributed by atoms with E-state index in [9.17, 15) is 4.79 Å². The van der Waals surface area contributed by atoms with Crippen LogP contribution < -0.4 is 10.6 Å². The van der Waals surface area contributed by atoms with Crippen LogP contribution in [0.15, 0.2) is 30.6 Å². The largest absolute Gasteiger partial charge is 0.376 e. The number of ether oxygens (including phenoxy) is 1. The summed E-state index contributed by atoms with van der Waals surface area (Å²) in [4.78, 5) is 12.1. The molecule has 2 aromatic rings. The monoisotopic (exact) mass is 371 g/mol. The molecule has 0 bridgehead atoms. The van der Waals surface area contributed by atoms with Gasteiger partial charge in [-0.3, -0.25) is 0 Å². The van der Waals surface area contributed by atoms with Crippen LogP contribution in [0.25, 0.3) is 11.4 Å². The molecule has 0 unspecified atom stereocenters. The maximum absolute atomic E-state index is 12.1. The Labute approximate surface area is 160 Å². The van der Waals surface area contributed by atoms with Gasteiger partial charge < -0.3 is 19.9 Å². The van der Waals surface area contributed by atoms with Gasteiger partial charge in [-0.2, -0.15) is 0 Å². The molecule has 1 aliphatic rings. The second-order valence-corrected chi connectivity index (χ2v) is 7.07. The van der Waals surface area contributed by atoms with E-state index in [4.69, 9.17) is 4.74 Å². The molecule has 27 heavy (non-hydrogen) atoms. The molecule has 1 aliphatic carbocycles. The number of amides is 2. The Hall–Kier alpha value is -2.41. The minimum atomic E-state index is -0.232. The summed E-state index contributed by atoms with van der Waals surface area (Å²) in [7, 11) is 0. The third-order valence-electron chi connectivity index (χ3n) is 5.09. The molecule has 0 aliphatic heterocycles. The van der Waals surface area contributed by atoms with E-state index < -0.39 is 0 Å². The van der Waals surface area contributed by atoms with Gasteiger partial charge in [0.1, 0.15) is 6.33 Å². The van der Waals surface area contributed by atoms with Crippen molar-refractivity contribution in [1.29, 1.82) is 0 Å². The lowest BCUT2D eigenvalue weighted by molar-refractivity contribution is -0.00232. The van der Waals surface area contributed by atoms with Crippen LogP contribution in [0, 0.1) is 5.92 Å². The van der Waals surface area contributed by atoms with Crippen LogP contribution in [0.4, 0.5) is 10.5 Å². The van der Waals surface area contributed by atoms with Gasteiger partial charge >= 0.3 is 6.03 Å². The summed E-state index contributed by atoms with van der Waals surface area (Å²) in [5.74, 6) is 1.40. The Bertz CT molecular complexity index is 745. The fourth-order valence-corrected chi connectivity index (χ4v) is 3.53. The molecular formula is C20H29N5O2. The van der Waals surface area contributed by atoms with E-state index in [1.165, 1.54) is 19.3 Å². The Kier molecular flexibility index (Phi) is 6.81. The molecule has 0 saturated heterocycles. The van der Waals surface area contributed by atoms with Crippen molar-refractivity contribution >= 4 is 11.7 Å². The third kappa shape index (κ3) is 5.29. The van der Waals surface area contributed by atoms with Crippen molar-refractivity contribution in [2.45, 2.75) is 52.2 Å². The van der Waals surface area contributed by atoms with E-state index in [0.717, 1.165) is 30.0 Å². The summed E-state index contributed by atoms with van der Waals surface area (Å²) in [6, 6.07) is 7.38. The highest BCUT2D eigenvalue weighted by Gasteiger charge is 2.21. The Balaban J connectivity index is 1.46. The molecule has 0 spiro atoms. The zero-order chi connectivity index (χ0) is 19.1. The summed E-state index contributed by atoms with van der Waals surface area (Å²) < 4.78 is 7.89. The second-order valence-electron chi connectivity index (χ2n) is 7.07. The van der Waals surface area contributed by atoms with Gasteiger partial charge in [0.15, 0.2) is 5.82 Å². The molecule has 1 heterocycles. The Morgan fingerprint density at radius 2 is 2.19 bits per heavy atom. The lowest BCUT2D eigenvalue weighted by atomic mass is 9.88. The Morgan fingerprint density at radius 1 is 1.33 bits per heavy atom. The van der Waals surface area contributed by atoms with E-state index in [2.05, 4.69) is 27.8 Å². The van der Waals surface area contributed by atoms with Crippen molar-refractivity contribution in [3.63, 3.8) is 0 Å². The third-order valence-corrected chi connectivity index (χ3v) is 5.09. The highest BCUT2D eigenvalue weighted by Crippen LogP contribution is 2.26. The topological polar surface area (TPSA) is 81.1 Å². The lowest BCUT2D eigenvalue weighted by Gasteiger charge is -2.28. The number of carbonyl (C=O) groups is 1. The fourth-order valence-electron chi connectivity index (χ4n) is 3.53. The minimum absolute atomic E-state index is 0.232. The number of nitrogens with one attached hydrogen (secondary N) is 2. The number of rotatable bonds is 7. The van der Waals surface area contributed by atoms with Gasteiger partial charge in [0.2, 0.25) is 0 Å². The molecule has 2 N–H and O–H groups in total. The number of aryl methyl sites for hydroxylation is 1. The van der Waals surface area contributed by atoms with E-state index >= 15 is 0 Å². The smallest absolute Gasteiger partial charge is 0.319 e.